The van der Waals surface area contributed by atoms with Crippen LogP contribution in [0.25, 0.3) is 0 Å². The van der Waals surface area contributed by atoms with Gasteiger partial charge in [-0.2, -0.15) is 0 Å². The normalized spacial score (nSPS) is 17.5. The van der Waals surface area contributed by atoms with E-state index in [0.717, 1.165) is 32.1 Å². The first-order valence-electron chi connectivity index (χ1n) is 8.54. The molecule has 3 rings (SSSR count). The molecule has 0 radical (unpaired) electrons. The average Bonchev–Trinajstić information content (AvgIpc) is 2.63. The lowest BCUT2D eigenvalue weighted by molar-refractivity contribution is -0.118. The van der Waals surface area contributed by atoms with Gasteiger partial charge in [0.2, 0.25) is 5.91 Å². The van der Waals surface area contributed by atoms with Crippen molar-refractivity contribution in [3.05, 3.63) is 48.5 Å². The molecule has 1 amide bonds. The molecule has 1 aliphatic heterocycles. The number of amides is 1. The molecule has 26 heavy (non-hydrogen) atoms. The molecular weight excluding hydrogens is 352 g/mol. The van der Waals surface area contributed by atoms with Gasteiger partial charge in [0.1, 0.15) is 11.5 Å². The molecule has 6 nitrogen and oxygen atoms in total. The minimum Gasteiger partial charge on any atom is -0.457 e. The Bertz CT molecular complexity index is 873. The molecule has 1 atom stereocenters. The second kappa shape index (κ2) is 7.88. The molecule has 1 unspecified atom stereocenters. The fraction of sp³-hybridized carbons (Fsp3) is 0.316. The Labute approximate surface area is 153 Å². The van der Waals surface area contributed by atoms with Gasteiger partial charge < -0.3 is 15.4 Å². The zero-order valence-corrected chi connectivity index (χ0v) is 15.4. The Morgan fingerprint density at radius 2 is 1.88 bits per heavy atom. The van der Waals surface area contributed by atoms with Crippen molar-refractivity contribution in [1.82, 2.24) is 5.32 Å². The summed E-state index contributed by atoms with van der Waals surface area (Å²) in [6.07, 6.45) is 4.18. The molecular formula is C19H22N2O4S. The van der Waals surface area contributed by atoms with Gasteiger partial charge in [-0.3, -0.25) is 4.79 Å². The number of carbonyl (C=O) groups excluding carboxylic acids is 1. The molecule has 7 heteroatoms. The van der Waals surface area contributed by atoms with E-state index in [4.69, 9.17) is 4.74 Å². The van der Waals surface area contributed by atoms with E-state index >= 15 is 0 Å². The first kappa shape index (κ1) is 18.4. The minimum absolute atomic E-state index is 0.0285. The summed E-state index contributed by atoms with van der Waals surface area (Å²) in [5.74, 6) is 0.972. The van der Waals surface area contributed by atoms with Crippen LogP contribution < -0.4 is 15.4 Å². The van der Waals surface area contributed by atoms with E-state index in [9.17, 15) is 13.2 Å². The number of benzene rings is 2. The third kappa shape index (κ3) is 4.83. The van der Waals surface area contributed by atoms with E-state index in [0.29, 0.717) is 17.2 Å². The van der Waals surface area contributed by atoms with E-state index in [1.807, 2.05) is 0 Å². The molecule has 2 aromatic rings. The van der Waals surface area contributed by atoms with Crippen LogP contribution in [0.2, 0.25) is 0 Å². The van der Waals surface area contributed by atoms with Crippen LogP contribution in [0.3, 0.4) is 0 Å². The van der Waals surface area contributed by atoms with Crippen molar-refractivity contribution in [3.63, 3.8) is 0 Å². The number of ether oxygens (including phenoxy) is 1. The van der Waals surface area contributed by atoms with E-state index in [2.05, 4.69) is 10.6 Å². The van der Waals surface area contributed by atoms with Crippen molar-refractivity contribution in [1.29, 1.82) is 0 Å². The van der Waals surface area contributed by atoms with Crippen molar-refractivity contribution >= 4 is 21.4 Å². The first-order valence-corrected chi connectivity index (χ1v) is 10.4. The highest BCUT2D eigenvalue weighted by Crippen LogP contribution is 2.25. The van der Waals surface area contributed by atoms with Crippen LogP contribution in [0.5, 0.6) is 11.5 Å². The second-order valence-corrected chi connectivity index (χ2v) is 8.38. The number of carbonyl (C=O) groups is 1. The van der Waals surface area contributed by atoms with Gasteiger partial charge in [0, 0.05) is 11.9 Å². The lowest BCUT2D eigenvalue weighted by Crippen LogP contribution is -2.43. The Hall–Kier alpha value is -2.38. The van der Waals surface area contributed by atoms with Crippen LogP contribution in [-0.4, -0.2) is 33.2 Å². The Morgan fingerprint density at radius 1 is 1.12 bits per heavy atom. The zero-order valence-electron chi connectivity index (χ0n) is 14.6. The SMILES string of the molecule is CS(=O)(=O)c1cccc(Oc2ccc(NC(=O)C3CCCCN3)cc2)c1. The Morgan fingerprint density at radius 3 is 2.54 bits per heavy atom. The van der Waals surface area contributed by atoms with Gasteiger partial charge in [0.15, 0.2) is 9.84 Å². The number of nitrogens with one attached hydrogen (secondary N) is 2. The third-order valence-electron chi connectivity index (χ3n) is 4.22. The molecule has 2 N–H and O–H groups in total. The highest BCUT2D eigenvalue weighted by molar-refractivity contribution is 7.90. The van der Waals surface area contributed by atoms with Crippen molar-refractivity contribution in [2.75, 3.05) is 18.1 Å². The Kier molecular flexibility index (Phi) is 5.58. The van der Waals surface area contributed by atoms with Crippen LogP contribution in [-0.2, 0) is 14.6 Å². The molecule has 0 aromatic heterocycles. The average molecular weight is 374 g/mol. The quantitative estimate of drug-likeness (QED) is 0.841. The summed E-state index contributed by atoms with van der Waals surface area (Å²) in [5.41, 5.74) is 0.694. The van der Waals surface area contributed by atoms with E-state index in [1.165, 1.54) is 12.1 Å². The minimum atomic E-state index is -3.28. The van der Waals surface area contributed by atoms with Crippen LogP contribution in [0.1, 0.15) is 19.3 Å². The third-order valence-corrected chi connectivity index (χ3v) is 5.33. The van der Waals surface area contributed by atoms with Crippen LogP contribution in [0.4, 0.5) is 5.69 Å². The maximum absolute atomic E-state index is 12.2. The molecule has 2 aromatic carbocycles. The van der Waals surface area contributed by atoms with Crippen LogP contribution >= 0.6 is 0 Å². The topological polar surface area (TPSA) is 84.5 Å². The smallest absolute Gasteiger partial charge is 0.241 e. The molecule has 0 saturated carbocycles. The van der Waals surface area contributed by atoms with Gasteiger partial charge in [-0.25, -0.2) is 8.42 Å². The summed E-state index contributed by atoms with van der Waals surface area (Å²) in [6, 6.07) is 13.2. The monoisotopic (exact) mass is 374 g/mol. The highest BCUT2D eigenvalue weighted by atomic mass is 32.2. The summed E-state index contributed by atoms with van der Waals surface area (Å²) in [7, 11) is -3.28. The summed E-state index contributed by atoms with van der Waals surface area (Å²) in [5, 5.41) is 6.11. The number of piperidine rings is 1. The lowest BCUT2D eigenvalue weighted by atomic mass is 10.0. The number of rotatable bonds is 5. The summed E-state index contributed by atoms with van der Waals surface area (Å²) in [6.45, 7) is 0.872. The van der Waals surface area contributed by atoms with Crippen molar-refractivity contribution in [2.45, 2.75) is 30.2 Å². The number of hydrogen-bond donors (Lipinski definition) is 2. The maximum Gasteiger partial charge on any atom is 0.241 e. The van der Waals surface area contributed by atoms with Gasteiger partial charge in [0.25, 0.3) is 0 Å². The lowest BCUT2D eigenvalue weighted by Gasteiger charge is -2.22. The highest BCUT2D eigenvalue weighted by Gasteiger charge is 2.20. The molecule has 1 heterocycles. The predicted octanol–water partition coefficient (Wildman–Crippen LogP) is 2.96. The van der Waals surface area contributed by atoms with Crippen LogP contribution in [0, 0.1) is 0 Å². The van der Waals surface area contributed by atoms with Gasteiger partial charge >= 0.3 is 0 Å². The van der Waals surface area contributed by atoms with E-state index in [1.54, 1.807) is 36.4 Å². The Balaban J connectivity index is 1.63. The molecule has 0 spiro atoms. The van der Waals surface area contributed by atoms with Gasteiger partial charge in [-0.05, 0) is 61.9 Å². The van der Waals surface area contributed by atoms with Crippen molar-refractivity contribution in [2.24, 2.45) is 0 Å². The second-order valence-electron chi connectivity index (χ2n) is 6.37. The van der Waals surface area contributed by atoms with Crippen LogP contribution in [0.15, 0.2) is 53.4 Å². The molecule has 1 aliphatic rings. The molecule has 1 fully saturated rings. The fourth-order valence-corrected chi connectivity index (χ4v) is 3.47. The van der Waals surface area contributed by atoms with Gasteiger partial charge in [-0.15, -0.1) is 0 Å². The van der Waals surface area contributed by atoms with Crippen molar-refractivity contribution in [3.8, 4) is 11.5 Å². The fourth-order valence-electron chi connectivity index (χ4n) is 2.82. The summed E-state index contributed by atoms with van der Waals surface area (Å²) < 4.78 is 28.9. The summed E-state index contributed by atoms with van der Waals surface area (Å²) in [4.78, 5) is 12.4. The summed E-state index contributed by atoms with van der Waals surface area (Å²) >= 11 is 0. The number of anilines is 1. The van der Waals surface area contributed by atoms with E-state index in [-0.39, 0.29) is 16.8 Å². The first-order chi connectivity index (χ1) is 12.4. The number of hydrogen-bond acceptors (Lipinski definition) is 5. The van der Waals surface area contributed by atoms with Gasteiger partial charge in [0.05, 0.1) is 10.9 Å². The molecule has 138 valence electrons. The molecule has 0 bridgehead atoms. The van der Waals surface area contributed by atoms with E-state index < -0.39 is 9.84 Å². The molecule has 1 saturated heterocycles. The van der Waals surface area contributed by atoms with Crippen molar-refractivity contribution < 1.29 is 17.9 Å². The zero-order chi connectivity index (χ0) is 18.6. The maximum atomic E-state index is 12.2. The standard InChI is InChI=1S/C19H22N2O4S/c1-26(23,24)17-6-4-5-16(13-17)25-15-10-8-14(9-11-15)21-19(22)18-7-2-3-12-20-18/h4-6,8-11,13,18,20H,2-3,7,12H2,1H3,(H,21,22). The predicted molar refractivity (Wildman–Crippen MR) is 100 cm³/mol. The molecule has 0 aliphatic carbocycles. The number of sulfone groups is 1. The van der Waals surface area contributed by atoms with Gasteiger partial charge in [-0.1, -0.05) is 12.5 Å². The largest absolute Gasteiger partial charge is 0.457 e.